The number of halogens is 2. The van der Waals surface area contributed by atoms with Crippen molar-refractivity contribution in [1.29, 1.82) is 0 Å². The second-order valence-corrected chi connectivity index (χ2v) is 7.07. The molecular formula is C18H24BrFN2O3. The Labute approximate surface area is 156 Å². The summed E-state index contributed by atoms with van der Waals surface area (Å²) in [5.74, 6) is 0.968. The molecule has 0 saturated carbocycles. The van der Waals surface area contributed by atoms with E-state index < -0.39 is 6.04 Å². The molecule has 1 aliphatic rings. The number of benzene rings is 1. The minimum absolute atomic E-state index is 0.185. The predicted octanol–water partition coefficient (Wildman–Crippen LogP) is 3.77. The van der Waals surface area contributed by atoms with Gasteiger partial charge in [-0.2, -0.15) is 0 Å². The first-order valence-electron chi connectivity index (χ1n) is 8.10. The molecule has 1 aromatic carbocycles. The van der Waals surface area contributed by atoms with Crippen molar-refractivity contribution in [3.05, 3.63) is 33.5 Å². The molecule has 0 saturated heterocycles. The van der Waals surface area contributed by atoms with Gasteiger partial charge in [0.05, 0.1) is 20.8 Å². The Morgan fingerprint density at radius 2 is 1.76 bits per heavy atom. The highest BCUT2D eigenvalue weighted by Gasteiger charge is 2.31. The lowest BCUT2D eigenvalue weighted by Gasteiger charge is -2.27. The lowest BCUT2D eigenvalue weighted by molar-refractivity contribution is 0.184. The van der Waals surface area contributed by atoms with Crippen molar-refractivity contribution in [3.8, 4) is 0 Å². The Bertz CT molecular complexity index is 677. The van der Waals surface area contributed by atoms with Gasteiger partial charge in [-0.25, -0.2) is 14.4 Å². The molecule has 25 heavy (non-hydrogen) atoms. The van der Waals surface area contributed by atoms with Crippen LogP contribution in [0.5, 0.6) is 0 Å². The minimum atomic E-state index is -0.416. The molecule has 2 atom stereocenters. The van der Waals surface area contributed by atoms with Gasteiger partial charge in [0.15, 0.2) is 0 Å². The van der Waals surface area contributed by atoms with Crippen LogP contribution in [0.25, 0.3) is 0 Å². The summed E-state index contributed by atoms with van der Waals surface area (Å²) in [5.41, 5.74) is 1.41. The Hall–Kier alpha value is -1.47. The van der Waals surface area contributed by atoms with E-state index >= 15 is 0 Å². The van der Waals surface area contributed by atoms with Crippen molar-refractivity contribution in [2.45, 2.75) is 39.0 Å². The summed E-state index contributed by atoms with van der Waals surface area (Å²) in [6.07, 6.45) is 0.334. The number of rotatable bonds is 5. The van der Waals surface area contributed by atoms with Crippen LogP contribution in [0.3, 0.4) is 0 Å². The molecule has 5 nitrogen and oxygen atoms in total. The molecule has 0 radical (unpaired) electrons. The zero-order valence-corrected chi connectivity index (χ0v) is 16.8. The maximum absolute atomic E-state index is 14.4. The zero-order valence-electron chi connectivity index (χ0n) is 15.2. The maximum atomic E-state index is 14.4. The van der Waals surface area contributed by atoms with Crippen molar-refractivity contribution in [1.82, 2.24) is 0 Å². The quantitative estimate of drug-likeness (QED) is 0.736. The summed E-state index contributed by atoms with van der Waals surface area (Å²) in [5, 5.41) is 0. The van der Waals surface area contributed by atoms with Gasteiger partial charge in [-0.1, -0.05) is 29.8 Å². The average molecular weight is 415 g/mol. The van der Waals surface area contributed by atoms with Crippen LogP contribution < -0.4 is 0 Å². The van der Waals surface area contributed by atoms with E-state index in [1.807, 2.05) is 13.8 Å². The summed E-state index contributed by atoms with van der Waals surface area (Å²) in [7, 11) is 4.74. The second-order valence-electron chi connectivity index (χ2n) is 6.22. The molecule has 0 amide bonds. The van der Waals surface area contributed by atoms with Gasteiger partial charge in [0.1, 0.15) is 17.9 Å². The molecule has 1 aliphatic heterocycles. The van der Waals surface area contributed by atoms with Crippen molar-refractivity contribution in [3.63, 3.8) is 0 Å². The Morgan fingerprint density at radius 3 is 2.32 bits per heavy atom. The van der Waals surface area contributed by atoms with Crippen LogP contribution in [0, 0.1) is 11.7 Å². The molecular weight excluding hydrogens is 391 g/mol. The first-order valence-corrected chi connectivity index (χ1v) is 8.89. The van der Waals surface area contributed by atoms with Crippen molar-refractivity contribution < 1.29 is 18.6 Å². The average Bonchev–Trinajstić information content (AvgIpc) is 2.58. The molecule has 1 aromatic rings. The monoisotopic (exact) mass is 414 g/mol. The highest BCUT2D eigenvalue weighted by atomic mass is 79.9. The molecule has 7 heteroatoms. The predicted molar refractivity (Wildman–Crippen MR) is 99.8 cm³/mol. The van der Waals surface area contributed by atoms with Crippen molar-refractivity contribution in [2.24, 2.45) is 15.9 Å². The van der Waals surface area contributed by atoms with E-state index in [4.69, 9.17) is 14.2 Å². The number of ether oxygens (including phenoxy) is 3. The standard InChI is InChI=1S/C18H24BrFN2O3/c1-10(2)16-18(25-5)21-15(17(22-16)24-4)7-11-6-12(9-23-3)13(19)8-14(11)20/h6,8,10,15-16H,7,9H2,1-5H3/t15-,16+/m0/s1. The van der Waals surface area contributed by atoms with E-state index in [9.17, 15) is 4.39 Å². The van der Waals surface area contributed by atoms with Gasteiger partial charge in [-0.05, 0) is 29.2 Å². The van der Waals surface area contributed by atoms with Gasteiger partial charge >= 0.3 is 0 Å². The fraction of sp³-hybridized carbons (Fsp3) is 0.556. The molecule has 0 unspecified atom stereocenters. The molecule has 0 bridgehead atoms. The molecule has 0 N–H and O–H groups in total. The van der Waals surface area contributed by atoms with Gasteiger partial charge in [-0.15, -0.1) is 0 Å². The van der Waals surface area contributed by atoms with E-state index in [-0.39, 0.29) is 17.8 Å². The number of hydrogen-bond acceptors (Lipinski definition) is 5. The van der Waals surface area contributed by atoms with Crippen LogP contribution in [-0.2, 0) is 27.2 Å². The molecule has 1 heterocycles. The van der Waals surface area contributed by atoms with E-state index in [0.29, 0.717) is 34.9 Å². The summed E-state index contributed by atoms with van der Waals surface area (Å²) >= 11 is 3.36. The lowest BCUT2D eigenvalue weighted by atomic mass is 9.99. The minimum Gasteiger partial charge on any atom is -0.483 e. The molecule has 0 fully saturated rings. The molecule has 2 rings (SSSR count). The van der Waals surface area contributed by atoms with Crippen LogP contribution >= 0.6 is 15.9 Å². The summed E-state index contributed by atoms with van der Waals surface area (Å²) in [6.45, 7) is 4.48. The van der Waals surface area contributed by atoms with Gasteiger partial charge in [0.2, 0.25) is 11.8 Å². The van der Waals surface area contributed by atoms with Crippen LogP contribution in [0.4, 0.5) is 4.39 Å². The van der Waals surface area contributed by atoms with Crippen molar-refractivity contribution >= 4 is 27.7 Å². The van der Waals surface area contributed by atoms with Crippen LogP contribution in [0.15, 0.2) is 26.6 Å². The second kappa shape index (κ2) is 8.76. The maximum Gasteiger partial charge on any atom is 0.209 e. The molecule has 138 valence electrons. The first kappa shape index (κ1) is 19.8. The summed E-state index contributed by atoms with van der Waals surface area (Å²) < 4.78 is 31.1. The molecule has 0 aromatic heterocycles. The third-order valence-electron chi connectivity index (χ3n) is 4.07. The van der Waals surface area contributed by atoms with Gasteiger partial charge < -0.3 is 14.2 Å². The van der Waals surface area contributed by atoms with E-state index in [0.717, 1.165) is 5.56 Å². The normalized spacial score (nSPS) is 20.3. The lowest BCUT2D eigenvalue weighted by Crippen LogP contribution is -2.38. The van der Waals surface area contributed by atoms with E-state index in [1.165, 1.54) is 6.07 Å². The van der Waals surface area contributed by atoms with Crippen LogP contribution in [0.1, 0.15) is 25.0 Å². The van der Waals surface area contributed by atoms with Crippen LogP contribution in [0.2, 0.25) is 0 Å². The topological polar surface area (TPSA) is 52.4 Å². The number of aliphatic imine (C=N–C) groups is 2. The zero-order chi connectivity index (χ0) is 18.6. The van der Waals surface area contributed by atoms with Gasteiger partial charge in [-0.3, -0.25) is 0 Å². The van der Waals surface area contributed by atoms with Crippen molar-refractivity contribution in [2.75, 3.05) is 21.3 Å². The fourth-order valence-corrected chi connectivity index (χ4v) is 3.20. The highest BCUT2D eigenvalue weighted by molar-refractivity contribution is 9.10. The van der Waals surface area contributed by atoms with Gasteiger partial charge in [0.25, 0.3) is 0 Å². The Kier molecular flexibility index (Phi) is 6.95. The smallest absolute Gasteiger partial charge is 0.209 e. The van der Waals surface area contributed by atoms with E-state index in [1.54, 1.807) is 27.4 Å². The Morgan fingerprint density at radius 1 is 1.08 bits per heavy atom. The highest BCUT2D eigenvalue weighted by Crippen LogP contribution is 2.25. The summed E-state index contributed by atoms with van der Waals surface area (Å²) in [4.78, 5) is 9.24. The largest absolute Gasteiger partial charge is 0.483 e. The summed E-state index contributed by atoms with van der Waals surface area (Å²) in [6, 6.07) is 2.64. The van der Waals surface area contributed by atoms with Crippen LogP contribution in [-0.4, -0.2) is 45.2 Å². The number of methoxy groups -OCH3 is 3. The third-order valence-corrected chi connectivity index (χ3v) is 4.80. The number of nitrogens with zero attached hydrogens (tertiary/aromatic N) is 2. The Balaban J connectivity index is 2.34. The SMILES string of the molecule is COCc1cc(C[C@@H]2N=C(OC)[C@@H](C(C)C)N=C2OC)c(F)cc1Br. The molecule has 0 aliphatic carbocycles. The fourth-order valence-electron chi connectivity index (χ4n) is 2.77. The van der Waals surface area contributed by atoms with E-state index in [2.05, 4.69) is 25.9 Å². The third kappa shape index (κ3) is 4.58. The first-order chi connectivity index (χ1) is 11.9. The van der Waals surface area contributed by atoms with Gasteiger partial charge in [0, 0.05) is 18.0 Å². The number of hydrogen-bond donors (Lipinski definition) is 0. The molecule has 0 spiro atoms.